The van der Waals surface area contributed by atoms with Gasteiger partial charge in [-0.25, -0.2) is 0 Å². The molecule has 1 aromatic rings. The van der Waals surface area contributed by atoms with E-state index in [2.05, 4.69) is 11.9 Å². The lowest BCUT2D eigenvalue weighted by atomic mass is 10.1. The molecule has 26 heavy (non-hydrogen) atoms. The Morgan fingerprint density at radius 3 is 2.62 bits per heavy atom. The van der Waals surface area contributed by atoms with Crippen LogP contribution in [0, 0.1) is 0 Å². The molecule has 1 aromatic carbocycles. The van der Waals surface area contributed by atoms with E-state index in [0.29, 0.717) is 13.2 Å². The van der Waals surface area contributed by atoms with Gasteiger partial charge in [0.1, 0.15) is 17.5 Å². The van der Waals surface area contributed by atoms with Crippen molar-refractivity contribution >= 4 is 5.97 Å². The Hall–Kier alpha value is -2.01. The van der Waals surface area contributed by atoms with Gasteiger partial charge >= 0.3 is 5.97 Å². The number of nitrogens with one attached hydrogen (secondary N) is 1. The van der Waals surface area contributed by atoms with Crippen LogP contribution in [-0.4, -0.2) is 32.8 Å². The SMILES string of the molecule is C=CCCCCCCC(NCc1ccc(OC)cc1OC)C(=O)OCC. The van der Waals surface area contributed by atoms with Crippen LogP contribution >= 0.6 is 0 Å². The molecule has 5 nitrogen and oxygen atoms in total. The number of allylic oxidation sites excluding steroid dienone is 1. The van der Waals surface area contributed by atoms with Gasteiger partial charge in [0.25, 0.3) is 0 Å². The Labute approximate surface area is 157 Å². The number of hydrogen-bond acceptors (Lipinski definition) is 5. The molecule has 1 atom stereocenters. The van der Waals surface area contributed by atoms with E-state index in [9.17, 15) is 4.79 Å². The summed E-state index contributed by atoms with van der Waals surface area (Å²) in [5, 5.41) is 3.32. The Morgan fingerprint density at radius 1 is 1.19 bits per heavy atom. The van der Waals surface area contributed by atoms with Crippen molar-refractivity contribution in [3.63, 3.8) is 0 Å². The average Bonchev–Trinajstić information content (AvgIpc) is 2.66. The molecule has 1 N–H and O–H groups in total. The predicted octanol–water partition coefficient (Wildman–Crippen LogP) is 4.25. The Balaban J connectivity index is 2.59. The van der Waals surface area contributed by atoms with Gasteiger partial charge in [0.2, 0.25) is 0 Å². The Kier molecular flexibility index (Phi) is 11.2. The van der Waals surface area contributed by atoms with Crippen LogP contribution in [0.2, 0.25) is 0 Å². The van der Waals surface area contributed by atoms with Gasteiger partial charge in [-0.15, -0.1) is 6.58 Å². The quantitative estimate of drug-likeness (QED) is 0.304. The van der Waals surface area contributed by atoms with Crippen molar-refractivity contribution in [1.82, 2.24) is 5.32 Å². The maximum absolute atomic E-state index is 12.2. The molecular weight excluding hydrogens is 330 g/mol. The molecule has 0 amide bonds. The fraction of sp³-hybridized carbons (Fsp3) is 0.571. The first-order valence-electron chi connectivity index (χ1n) is 9.38. The van der Waals surface area contributed by atoms with E-state index >= 15 is 0 Å². The second kappa shape index (κ2) is 13.2. The number of carbonyl (C=O) groups is 1. The third-order valence-electron chi connectivity index (χ3n) is 4.26. The fourth-order valence-electron chi connectivity index (χ4n) is 2.77. The molecular formula is C21H33NO4. The summed E-state index contributed by atoms with van der Waals surface area (Å²) in [4.78, 5) is 12.2. The molecule has 5 heteroatoms. The van der Waals surface area contributed by atoms with E-state index in [1.165, 1.54) is 0 Å². The van der Waals surface area contributed by atoms with E-state index in [1.807, 2.05) is 31.2 Å². The molecule has 0 fully saturated rings. The summed E-state index contributed by atoms with van der Waals surface area (Å²) in [6.07, 6.45) is 8.19. The van der Waals surface area contributed by atoms with Gasteiger partial charge in [-0.1, -0.05) is 31.4 Å². The lowest BCUT2D eigenvalue weighted by Crippen LogP contribution is -2.37. The van der Waals surface area contributed by atoms with Crippen molar-refractivity contribution in [2.75, 3.05) is 20.8 Å². The zero-order valence-corrected chi connectivity index (χ0v) is 16.4. The molecule has 146 valence electrons. The Bertz CT molecular complexity index is 545. The lowest BCUT2D eigenvalue weighted by Gasteiger charge is -2.18. The summed E-state index contributed by atoms with van der Waals surface area (Å²) in [6, 6.07) is 5.37. The summed E-state index contributed by atoms with van der Waals surface area (Å²) in [6.45, 7) is 6.50. The van der Waals surface area contributed by atoms with Gasteiger partial charge in [0.15, 0.2) is 0 Å². The van der Waals surface area contributed by atoms with Gasteiger partial charge in [0.05, 0.1) is 20.8 Å². The summed E-state index contributed by atoms with van der Waals surface area (Å²) < 4.78 is 15.9. The fourth-order valence-corrected chi connectivity index (χ4v) is 2.77. The average molecular weight is 363 g/mol. The second-order valence-corrected chi connectivity index (χ2v) is 6.14. The number of esters is 1. The van der Waals surface area contributed by atoms with Gasteiger partial charge in [0, 0.05) is 18.2 Å². The normalized spacial score (nSPS) is 11.7. The van der Waals surface area contributed by atoms with Crippen molar-refractivity contribution < 1.29 is 19.0 Å². The third kappa shape index (κ3) is 7.91. The van der Waals surface area contributed by atoms with E-state index < -0.39 is 0 Å². The van der Waals surface area contributed by atoms with Crippen LogP contribution in [0.3, 0.4) is 0 Å². The monoisotopic (exact) mass is 363 g/mol. The molecule has 0 saturated carbocycles. The number of ether oxygens (including phenoxy) is 3. The molecule has 0 aliphatic carbocycles. The highest BCUT2D eigenvalue weighted by Gasteiger charge is 2.19. The summed E-state index contributed by atoms with van der Waals surface area (Å²) in [7, 11) is 3.25. The van der Waals surface area contributed by atoms with E-state index in [-0.39, 0.29) is 12.0 Å². The van der Waals surface area contributed by atoms with E-state index in [1.54, 1.807) is 14.2 Å². The standard InChI is InChI=1S/C21H33NO4/c1-5-7-8-9-10-11-12-19(21(23)26-6-2)22-16-17-13-14-18(24-3)15-20(17)25-4/h5,13-15,19,22H,1,6-12,16H2,2-4H3. The minimum absolute atomic E-state index is 0.189. The molecule has 0 radical (unpaired) electrons. The molecule has 0 spiro atoms. The molecule has 1 rings (SSSR count). The molecule has 0 bridgehead atoms. The number of benzene rings is 1. The third-order valence-corrected chi connectivity index (χ3v) is 4.26. The molecule has 0 aliphatic rings. The van der Waals surface area contributed by atoms with E-state index in [4.69, 9.17) is 14.2 Å². The minimum Gasteiger partial charge on any atom is -0.497 e. The Morgan fingerprint density at radius 2 is 1.96 bits per heavy atom. The summed E-state index contributed by atoms with van der Waals surface area (Å²) in [5.74, 6) is 1.29. The van der Waals surface area contributed by atoms with Crippen molar-refractivity contribution in [2.45, 2.75) is 58.0 Å². The first kappa shape index (κ1) is 22.0. The number of carbonyl (C=O) groups excluding carboxylic acids is 1. The van der Waals surface area contributed by atoms with Crippen molar-refractivity contribution in [2.24, 2.45) is 0 Å². The summed E-state index contributed by atoms with van der Waals surface area (Å²) in [5.41, 5.74) is 0.980. The zero-order chi connectivity index (χ0) is 19.2. The number of unbranched alkanes of at least 4 members (excludes halogenated alkanes) is 4. The maximum atomic E-state index is 12.2. The molecule has 1 unspecified atom stereocenters. The maximum Gasteiger partial charge on any atom is 0.323 e. The molecule has 0 saturated heterocycles. The van der Waals surface area contributed by atoms with Crippen LogP contribution in [0.15, 0.2) is 30.9 Å². The van der Waals surface area contributed by atoms with Crippen LogP contribution in [0.5, 0.6) is 11.5 Å². The van der Waals surface area contributed by atoms with Crippen LogP contribution < -0.4 is 14.8 Å². The smallest absolute Gasteiger partial charge is 0.323 e. The minimum atomic E-state index is -0.304. The van der Waals surface area contributed by atoms with Crippen molar-refractivity contribution in [1.29, 1.82) is 0 Å². The van der Waals surface area contributed by atoms with Gasteiger partial charge in [-0.05, 0) is 32.3 Å². The first-order chi connectivity index (χ1) is 12.7. The number of methoxy groups -OCH3 is 2. The van der Waals surface area contributed by atoms with Gasteiger partial charge in [-0.3, -0.25) is 4.79 Å². The largest absolute Gasteiger partial charge is 0.497 e. The van der Waals surface area contributed by atoms with E-state index in [0.717, 1.165) is 55.6 Å². The van der Waals surface area contributed by atoms with Crippen LogP contribution in [0.25, 0.3) is 0 Å². The highest BCUT2D eigenvalue weighted by molar-refractivity contribution is 5.75. The summed E-state index contributed by atoms with van der Waals surface area (Å²) >= 11 is 0. The van der Waals surface area contributed by atoms with Gasteiger partial charge < -0.3 is 19.5 Å². The highest BCUT2D eigenvalue weighted by Crippen LogP contribution is 2.24. The molecule has 0 aromatic heterocycles. The first-order valence-corrected chi connectivity index (χ1v) is 9.38. The van der Waals surface area contributed by atoms with Crippen molar-refractivity contribution in [3.05, 3.63) is 36.4 Å². The number of hydrogen-bond donors (Lipinski definition) is 1. The van der Waals surface area contributed by atoms with Crippen LogP contribution in [0.1, 0.15) is 51.0 Å². The van der Waals surface area contributed by atoms with Crippen molar-refractivity contribution in [3.8, 4) is 11.5 Å². The topological polar surface area (TPSA) is 56.8 Å². The van der Waals surface area contributed by atoms with Gasteiger partial charge in [-0.2, -0.15) is 0 Å². The lowest BCUT2D eigenvalue weighted by molar-refractivity contribution is -0.145. The molecule has 0 aliphatic heterocycles. The predicted molar refractivity (Wildman–Crippen MR) is 105 cm³/mol. The molecule has 0 heterocycles. The van der Waals surface area contributed by atoms with Crippen LogP contribution in [0.4, 0.5) is 0 Å². The zero-order valence-electron chi connectivity index (χ0n) is 16.4. The number of rotatable bonds is 14. The van der Waals surface area contributed by atoms with Crippen LogP contribution in [-0.2, 0) is 16.1 Å². The highest BCUT2D eigenvalue weighted by atomic mass is 16.5. The second-order valence-electron chi connectivity index (χ2n) is 6.14.